The molecule has 3 atom stereocenters. The normalized spacial score (nSPS) is 22.7. The molecule has 1 amide bonds. The largest absolute Gasteiger partial charge is 0.493 e. The average Bonchev–Trinajstić information content (AvgIpc) is 3.23. The lowest BCUT2D eigenvalue weighted by molar-refractivity contribution is -0.192. The highest BCUT2D eigenvalue weighted by atomic mass is 19.4. The van der Waals surface area contributed by atoms with Gasteiger partial charge in [-0.2, -0.15) is 26.3 Å². The van der Waals surface area contributed by atoms with Gasteiger partial charge in [0.15, 0.2) is 11.5 Å². The van der Waals surface area contributed by atoms with Gasteiger partial charge in [-0.05, 0) is 68.1 Å². The van der Waals surface area contributed by atoms with E-state index in [9.17, 15) is 35.5 Å². The lowest BCUT2D eigenvalue weighted by Crippen LogP contribution is -2.47. The van der Waals surface area contributed by atoms with Crippen molar-refractivity contribution in [1.82, 2.24) is 10.2 Å². The van der Waals surface area contributed by atoms with Crippen LogP contribution in [0.5, 0.6) is 11.5 Å². The standard InChI is InChI=1S/C25H28F4N2O3.C2HF3O2/c1-31-13-17-11-18(30-23(32)15-4-6-19(20(26)10-15)25(27,28)29)8-9-24(17,14-31)16-5-7-21(33-2)22(12-16)34-3;3-2(4,5)1(6)7/h4-7,10,12,17-18H,8-9,11,13-14H2,1-3H3,(H,30,32);(H,6,7)/t17-,18-,24+;/m1./s1. The molecule has 2 aromatic rings. The Bertz CT molecular complexity index is 1270. The number of nitrogens with one attached hydrogen (secondary N) is 1. The van der Waals surface area contributed by atoms with Crippen LogP contribution in [-0.4, -0.2) is 68.5 Å². The predicted octanol–water partition coefficient (Wildman–Crippen LogP) is 5.28. The van der Waals surface area contributed by atoms with Gasteiger partial charge in [-0.3, -0.25) is 4.79 Å². The van der Waals surface area contributed by atoms with Crippen LogP contribution in [0.15, 0.2) is 36.4 Å². The van der Waals surface area contributed by atoms with Crippen LogP contribution in [0, 0.1) is 11.7 Å². The zero-order valence-corrected chi connectivity index (χ0v) is 22.3. The lowest BCUT2D eigenvalue weighted by atomic mass is 9.63. The number of hydrogen-bond acceptors (Lipinski definition) is 5. The number of benzene rings is 2. The Kier molecular flexibility index (Phi) is 9.46. The van der Waals surface area contributed by atoms with Gasteiger partial charge in [0.25, 0.3) is 5.91 Å². The molecule has 2 aliphatic rings. The summed E-state index contributed by atoms with van der Waals surface area (Å²) in [7, 11) is 5.27. The molecule has 0 spiro atoms. The number of carbonyl (C=O) groups is 2. The van der Waals surface area contributed by atoms with E-state index < -0.39 is 35.6 Å². The molecule has 0 radical (unpaired) electrons. The summed E-state index contributed by atoms with van der Waals surface area (Å²) < 4.78 is 95.0. The third-order valence-corrected chi connectivity index (χ3v) is 7.45. The van der Waals surface area contributed by atoms with Gasteiger partial charge in [0, 0.05) is 30.1 Å². The number of carboxylic acid groups (broad SMARTS) is 1. The van der Waals surface area contributed by atoms with Crippen LogP contribution >= 0.6 is 0 Å². The molecule has 7 nitrogen and oxygen atoms in total. The first-order valence-electron chi connectivity index (χ1n) is 12.4. The third-order valence-electron chi connectivity index (χ3n) is 7.45. The molecule has 1 aliphatic carbocycles. The van der Waals surface area contributed by atoms with Crippen molar-refractivity contribution in [3.05, 3.63) is 58.9 Å². The maximum Gasteiger partial charge on any atom is 0.490 e. The van der Waals surface area contributed by atoms with Crippen molar-refractivity contribution in [2.75, 3.05) is 34.4 Å². The summed E-state index contributed by atoms with van der Waals surface area (Å²) in [6.07, 6.45) is -7.64. The maximum atomic E-state index is 13.9. The number of carboxylic acids is 1. The Balaban J connectivity index is 0.000000587. The minimum Gasteiger partial charge on any atom is -0.493 e. The van der Waals surface area contributed by atoms with Gasteiger partial charge in [0.1, 0.15) is 5.82 Å². The molecule has 0 bridgehead atoms. The number of hydrogen-bond donors (Lipinski definition) is 2. The summed E-state index contributed by atoms with van der Waals surface area (Å²) in [5.74, 6) is -3.18. The molecular formula is C27H29F7N2O5. The smallest absolute Gasteiger partial charge is 0.490 e. The van der Waals surface area contributed by atoms with E-state index in [-0.39, 0.29) is 22.9 Å². The third kappa shape index (κ3) is 7.21. The molecule has 0 unspecified atom stereocenters. The highest BCUT2D eigenvalue weighted by molar-refractivity contribution is 5.94. The van der Waals surface area contributed by atoms with Crippen LogP contribution in [0.1, 0.15) is 40.7 Å². The lowest BCUT2D eigenvalue weighted by Gasteiger charge is -2.43. The Morgan fingerprint density at radius 1 is 1.02 bits per heavy atom. The number of fused-ring (bicyclic) bond motifs is 1. The fourth-order valence-corrected chi connectivity index (χ4v) is 5.61. The highest BCUT2D eigenvalue weighted by Gasteiger charge is 2.50. The summed E-state index contributed by atoms with van der Waals surface area (Å²) in [4.78, 5) is 23.9. The first-order valence-corrected chi connectivity index (χ1v) is 12.4. The zero-order chi connectivity index (χ0) is 30.8. The predicted molar refractivity (Wildman–Crippen MR) is 132 cm³/mol. The van der Waals surface area contributed by atoms with E-state index in [1.165, 1.54) is 0 Å². The minimum atomic E-state index is -5.08. The number of alkyl halides is 6. The van der Waals surface area contributed by atoms with Gasteiger partial charge in [-0.15, -0.1) is 0 Å². The second kappa shape index (κ2) is 12.1. The fourth-order valence-electron chi connectivity index (χ4n) is 5.61. The molecule has 14 heteroatoms. The van der Waals surface area contributed by atoms with E-state index in [0.717, 1.165) is 31.1 Å². The maximum absolute atomic E-state index is 13.9. The molecule has 0 aromatic heterocycles. The van der Waals surface area contributed by atoms with Crippen molar-refractivity contribution in [3.8, 4) is 11.5 Å². The SMILES string of the molecule is COc1ccc([C@@]23CC[C@@H](NC(=O)c4ccc(C(F)(F)F)c(F)c4)C[C@@H]2CN(C)C3)cc1OC.O=C(O)C(F)(F)F. The van der Waals surface area contributed by atoms with E-state index in [1.54, 1.807) is 14.2 Å². The van der Waals surface area contributed by atoms with Crippen molar-refractivity contribution in [2.24, 2.45) is 5.92 Å². The second-order valence-corrected chi connectivity index (χ2v) is 10.1. The quantitative estimate of drug-likeness (QED) is 0.459. The number of aliphatic carboxylic acids is 1. The molecule has 2 aromatic carbocycles. The Hall–Kier alpha value is -3.55. The number of rotatable bonds is 5. The van der Waals surface area contributed by atoms with Crippen molar-refractivity contribution >= 4 is 11.9 Å². The van der Waals surface area contributed by atoms with Crippen molar-refractivity contribution < 1.29 is 54.9 Å². The van der Waals surface area contributed by atoms with Crippen LogP contribution in [0.4, 0.5) is 30.7 Å². The molecule has 2 N–H and O–H groups in total. The molecule has 4 rings (SSSR count). The Morgan fingerprint density at radius 3 is 2.20 bits per heavy atom. The first-order chi connectivity index (χ1) is 19.0. The van der Waals surface area contributed by atoms with Crippen LogP contribution < -0.4 is 14.8 Å². The summed E-state index contributed by atoms with van der Waals surface area (Å²) >= 11 is 0. The van der Waals surface area contributed by atoms with Crippen LogP contribution in [0.3, 0.4) is 0 Å². The fraction of sp³-hybridized carbons (Fsp3) is 0.481. The van der Waals surface area contributed by atoms with Gasteiger partial charge in [0.05, 0.1) is 19.8 Å². The van der Waals surface area contributed by atoms with Gasteiger partial charge < -0.3 is 24.8 Å². The molecule has 41 heavy (non-hydrogen) atoms. The second-order valence-electron chi connectivity index (χ2n) is 10.1. The van der Waals surface area contributed by atoms with Crippen molar-refractivity contribution in [3.63, 3.8) is 0 Å². The molecule has 1 saturated carbocycles. The number of likely N-dealkylation sites (tertiary alicyclic amines) is 1. The number of likely N-dealkylation sites (N-methyl/N-ethyl adjacent to an activating group) is 1. The topological polar surface area (TPSA) is 88.1 Å². The summed E-state index contributed by atoms with van der Waals surface area (Å²) in [5, 5.41) is 10.0. The molecule has 1 aliphatic heterocycles. The van der Waals surface area contributed by atoms with E-state index in [0.29, 0.717) is 36.5 Å². The van der Waals surface area contributed by atoms with Gasteiger partial charge in [-0.1, -0.05) is 6.07 Å². The molecular weight excluding hydrogens is 565 g/mol. The van der Waals surface area contributed by atoms with E-state index in [2.05, 4.69) is 23.3 Å². The van der Waals surface area contributed by atoms with Crippen LogP contribution in [-0.2, 0) is 16.4 Å². The molecule has 226 valence electrons. The summed E-state index contributed by atoms with van der Waals surface area (Å²) in [6, 6.07) is 8.12. The van der Waals surface area contributed by atoms with E-state index in [1.807, 2.05) is 12.1 Å². The van der Waals surface area contributed by atoms with Gasteiger partial charge in [0.2, 0.25) is 0 Å². The molecule has 1 saturated heterocycles. The van der Waals surface area contributed by atoms with Gasteiger partial charge >= 0.3 is 18.3 Å². The minimum absolute atomic E-state index is 0.101. The van der Waals surface area contributed by atoms with Crippen molar-refractivity contribution in [2.45, 2.75) is 43.1 Å². The zero-order valence-electron chi connectivity index (χ0n) is 22.3. The highest BCUT2D eigenvalue weighted by Crippen LogP contribution is 2.49. The van der Waals surface area contributed by atoms with Crippen molar-refractivity contribution in [1.29, 1.82) is 0 Å². The molecule has 2 fully saturated rings. The van der Waals surface area contributed by atoms with Crippen LogP contribution in [0.25, 0.3) is 0 Å². The number of amides is 1. The molecule has 1 heterocycles. The Morgan fingerprint density at radius 2 is 1.66 bits per heavy atom. The van der Waals surface area contributed by atoms with E-state index in [4.69, 9.17) is 19.4 Å². The number of halogens is 7. The number of ether oxygens (including phenoxy) is 2. The first kappa shape index (κ1) is 32.0. The van der Waals surface area contributed by atoms with Crippen LogP contribution in [0.2, 0.25) is 0 Å². The summed E-state index contributed by atoms with van der Waals surface area (Å²) in [5.41, 5.74) is -0.439. The number of nitrogens with zero attached hydrogens (tertiary/aromatic N) is 1. The summed E-state index contributed by atoms with van der Waals surface area (Å²) in [6.45, 7) is 1.73. The van der Waals surface area contributed by atoms with Gasteiger partial charge in [-0.25, -0.2) is 9.18 Å². The number of carbonyl (C=O) groups excluding carboxylic acids is 1. The average molecular weight is 595 g/mol. The Labute approximate surface area is 231 Å². The number of methoxy groups -OCH3 is 2. The van der Waals surface area contributed by atoms with E-state index >= 15 is 0 Å². The monoisotopic (exact) mass is 594 g/mol.